The van der Waals surface area contributed by atoms with Crippen LogP contribution >= 0.6 is 11.3 Å². The third-order valence-electron chi connectivity index (χ3n) is 3.37. The van der Waals surface area contributed by atoms with E-state index in [1.54, 1.807) is 30.3 Å². The Hall–Kier alpha value is -2.95. The normalized spacial score (nSPS) is 16.8. The van der Waals surface area contributed by atoms with Crippen LogP contribution in [0.3, 0.4) is 0 Å². The van der Waals surface area contributed by atoms with Crippen LogP contribution in [0, 0.1) is 0 Å². The zero-order valence-electron chi connectivity index (χ0n) is 12.6. The molecule has 130 valence electrons. The Kier molecular flexibility index (Phi) is 4.65. The summed E-state index contributed by atoms with van der Waals surface area (Å²) in [4.78, 5) is 23.9. The van der Waals surface area contributed by atoms with Crippen molar-refractivity contribution in [2.75, 3.05) is 10.3 Å². The Morgan fingerprint density at radius 3 is 2.60 bits per heavy atom. The molecule has 0 aliphatic carbocycles. The first-order valence-corrected chi connectivity index (χ1v) is 7.91. The molecule has 3 rings (SSSR count). The molecule has 8 nitrogen and oxygen atoms in total. The molecule has 1 aliphatic heterocycles. The lowest BCUT2D eigenvalue weighted by Gasteiger charge is -2.20. The predicted octanol–water partition coefficient (Wildman–Crippen LogP) is 1.53. The fraction of sp³-hybridized carbons (Fsp3) is 0.214. The number of nitrogens with two attached hydrogens (primary N) is 1. The zero-order valence-corrected chi connectivity index (χ0v) is 13.4. The van der Waals surface area contributed by atoms with Crippen molar-refractivity contribution in [2.45, 2.75) is 18.9 Å². The third-order valence-corrected chi connectivity index (χ3v) is 4.22. The van der Waals surface area contributed by atoms with Crippen LogP contribution in [0.4, 0.5) is 19.6 Å². The molecule has 0 unspecified atom stereocenters. The van der Waals surface area contributed by atoms with E-state index in [4.69, 9.17) is 5.73 Å². The Morgan fingerprint density at radius 1 is 1.28 bits per heavy atom. The van der Waals surface area contributed by atoms with Gasteiger partial charge in [-0.2, -0.15) is 5.10 Å². The van der Waals surface area contributed by atoms with Crippen molar-refractivity contribution in [3.8, 4) is 0 Å². The molecule has 1 atom stereocenters. The van der Waals surface area contributed by atoms with Crippen LogP contribution in [0.2, 0.25) is 0 Å². The Bertz CT molecular complexity index is 826. The minimum absolute atomic E-state index is 0.00340. The summed E-state index contributed by atoms with van der Waals surface area (Å²) in [5.41, 5.74) is 6.03. The van der Waals surface area contributed by atoms with Crippen molar-refractivity contribution >= 4 is 39.7 Å². The summed E-state index contributed by atoms with van der Waals surface area (Å²) in [5.74, 6) is -1.28. The van der Waals surface area contributed by atoms with Gasteiger partial charge in [0.2, 0.25) is 11.0 Å². The van der Waals surface area contributed by atoms with Gasteiger partial charge in [-0.3, -0.25) is 19.9 Å². The van der Waals surface area contributed by atoms with E-state index in [9.17, 15) is 18.4 Å². The second kappa shape index (κ2) is 6.89. The molecular formula is C14H12F2N6O2S. The average molecular weight is 366 g/mol. The smallest absolute Gasteiger partial charge is 0.291 e. The molecule has 11 heteroatoms. The highest BCUT2D eigenvalue weighted by Gasteiger charge is 2.35. The van der Waals surface area contributed by atoms with E-state index in [-0.39, 0.29) is 17.3 Å². The molecule has 0 bridgehead atoms. The van der Waals surface area contributed by atoms with Gasteiger partial charge in [-0.25, -0.2) is 8.78 Å². The number of hydrogen-bond donors (Lipinski definition) is 2. The number of aromatic nitrogens is 2. The van der Waals surface area contributed by atoms with Crippen molar-refractivity contribution in [1.29, 1.82) is 0 Å². The van der Waals surface area contributed by atoms with Gasteiger partial charge in [0.25, 0.3) is 12.3 Å². The fourth-order valence-corrected chi connectivity index (χ4v) is 2.82. The number of amides is 2. The molecule has 25 heavy (non-hydrogen) atoms. The molecule has 0 saturated carbocycles. The highest BCUT2D eigenvalue weighted by molar-refractivity contribution is 7.15. The molecule has 0 radical (unpaired) electrons. The van der Waals surface area contributed by atoms with E-state index in [1.165, 1.54) is 5.01 Å². The van der Waals surface area contributed by atoms with Crippen molar-refractivity contribution in [1.82, 2.24) is 10.2 Å². The highest BCUT2D eigenvalue weighted by atomic mass is 32.1. The molecule has 2 heterocycles. The number of halogens is 2. The molecule has 2 amide bonds. The van der Waals surface area contributed by atoms with E-state index in [0.717, 1.165) is 0 Å². The van der Waals surface area contributed by atoms with Crippen molar-refractivity contribution < 1.29 is 18.4 Å². The third kappa shape index (κ3) is 3.60. The summed E-state index contributed by atoms with van der Waals surface area (Å²) in [7, 11) is 0. The van der Waals surface area contributed by atoms with Crippen LogP contribution in [0.5, 0.6) is 0 Å². The van der Waals surface area contributed by atoms with E-state index >= 15 is 0 Å². The van der Waals surface area contributed by atoms with Crippen molar-refractivity contribution in [2.24, 2.45) is 10.8 Å². The Labute approximate surface area is 144 Å². The number of benzene rings is 1. The summed E-state index contributed by atoms with van der Waals surface area (Å²) in [6.07, 6.45) is -2.77. The number of carbonyl (C=O) groups is 2. The predicted molar refractivity (Wildman–Crippen MR) is 87.5 cm³/mol. The monoisotopic (exact) mass is 366 g/mol. The SMILES string of the molecule is NC(=O)[C@@H]1CC(C(=O)Nc2nnc(C(F)F)s2)=NN1c1ccccc1. The lowest BCUT2D eigenvalue weighted by Crippen LogP contribution is -2.39. The summed E-state index contributed by atoms with van der Waals surface area (Å²) in [6, 6.07) is 7.95. The minimum Gasteiger partial charge on any atom is -0.368 e. The second-order valence-electron chi connectivity index (χ2n) is 5.05. The van der Waals surface area contributed by atoms with E-state index in [1.807, 2.05) is 0 Å². The Balaban J connectivity index is 1.78. The fourth-order valence-electron chi connectivity index (χ4n) is 2.23. The number of anilines is 2. The maximum absolute atomic E-state index is 12.5. The number of rotatable bonds is 5. The van der Waals surface area contributed by atoms with Gasteiger partial charge in [0.05, 0.1) is 5.69 Å². The first-order valence-electron chi connectivity index (χ1n) is 7.09. The van der Waals surface area contributed by atoms with Crippen molar-refractivity contribution in [3.05, 3.63) is 35.3 Å². The number of alkyl halides is 2. The van der Waals surface area contributed by atoms with Crippen LogP contribution < -0.4 is 16.1 Å². The number of carbonyl (C=O) groups excluding carboxylic acids is 2. The van der Waals surface area contributed by atoms with Gasteiger partial charge < -0.3 is 5.73 Å². The molecule has 1 aromatic heterocycles. The summed E-state index contributed by atoms with van der Waals surface area (Å²) < 4.78 is 25.0. The van der Waals surface area contributed by atoms with Crippen LogP contribution in [-0.4, -0.2) is 33.8 Å². The van der Waals surface area contributed by atoms with Crippen LogP contribution in [-0.2, 0) is 9.59 Å². The molecular weight excluding hydrogens is 354 g/mol. The number of nitrogens with zero attached hydrogens (tertiary/aromatic N) is 4. The quantitative estimate of drug-likeness (QED) is 0.833. The summed E-state index contributed by atoms with van der Waals surface area (Å²) in [6.45, 7) is 0. The van der Waals surface area contributed by atoms with Gasteiger partial charge in [-0.15, -0.1) is 10.2 Å². The van der Waals surface area contributed by atoms with Gasteiger partial charge in [-0.05, 0) is 12.1 Å². The number of primary amides is 1. The number of nitrogens with one attached hydrogen (secondary N) is 1. The molecule has 0 spiro atoms. The molecule has 2 aromatic rings. The first-order chi connectivity index (χ1) is 12.0. The van der Waals surface area contributed by atoms with E-state index in [0.29, 0.717) is 17.0 Å². The number of hydrogen-bond acceptors (Lipinski definition) is 7. The molecule has 1 aromatic carbocycles. The molecule has 1 aliphatic rings. The van der Waals surface area contributed by atoms with Crippen LogP contribution in [0.15, 0.2) is 35.4 Å². The maximum atomic E-state index is 12.5. The standard InChI is InChI=1S/C14H12F2N6O2S/c15-10(16)13-19-20-14(25-13)18-12(24)8-6-9(11(17)23)22(21-8)7-4-2-1-3-5-7/h1-5,9-10H,6H2,(H2,17,23)(H,18,20,24)/t9-/m0/s1. The average Bonchev–Trinajstić information content (AvgIpc) is 3.22. The highest BCUT2D eigenvalue weighted by Crippen LogP contribution is 2.27. The van der Waals surface area contributed by atoms with Gasteiger partial charge in [-0.1, -0.05) is 29.5 Å². The second-order valence-corrected chi connectivity index (χ2v) is 6.06. The van der Waals surface area contributed by atoms with Gasteiger partial charge in [0.15, 0.2) is 5.01 Å². The van der Waals surface area contributed by atoms with E-state index in [2.05, 4.69) is 20.6 Å². The van der Waals surface area contributed by atoms with Gasteiger partial charge in [0.1, 0.15) is 11.8 Å². The van der Waals surface area contributed by atoms with Crippen molar-refractivity contribution in [3.63, 3.8) is 0 Å². The van der Waals surface area contributed by atoms with Gasteiger partial charge >= 0.3 is 0 Å². The topological polar surface area (TPSA) is 114 Å². The first kappa shape index (κ1) is 16.9. The summed E-state index contributed by atoms with van der Waals surface area (Å²) in [5, 5.41) is 14.0. The molecule has 0 saturated heterocycles. The maximum Gasteiger partial charge on any atom is 0.291 e. The lowest BCUT2D eigenvalue weighted by molar-refractivity contribution is -0.119. The summed E-state index contributed by atoms with van der Waals surface area (Å²) >= 11 is 0.568. The van der Waals surface area contributed by atoms with E-state index < -0.39 is 29.3 Å². The lowest BCUT2D eigenvalue weighted by atomic mass is 10.1. The van der Waals surface area contributed by atoms with Gasteiger partial charge in [0, 0.05) is 6.42 Å². The largest absolute Gasteiger partial charge is 0.368 e. The minimum atomic E-state index is -2.76. The molecule has 0 fully saturated rings. The van der Waals surface area contributed by atoms with Crippen LogP contribution in [0.1, 0.15) is 17.9 Å². The van der Waals surface area contributed by atoms with Crippen LogP contribution in [0.25, 0.3) is 0 Å². The molecule has 3 N–H and O–H groups in total. The Morgan fingerprint density at radius 2 is 2.00 bits per heavy atom. The zero-order chi connectivity index (χ0) is 18.0. The number of hydrazone groups is 1. The number of para-hydroxylation sites is 1.